The Bertz CT molecular complexity index is 1020. The highest BCUT2D eigenvalue weighted by Gasteiger charge is 2.41. The lowest BCUT2D eigenvalue weighted by molar-refractivity contribution is -0.143. The summed E-state index contributed by atoms with van der Waals surface area (Å²) < 4.78 is 41.4. The molecule has 0 saturated heterocycles. The van der Waals surface area contributed by atoms with Gasteiger partial charge in [0.05, 0.1) is 16.8 Å². The number of carbonyl (C=O) groups is 1. The fourth-order valence-electron chi connectivity index (χ4n) is 2.46. The standard InChI is InChI=1S/C17H12ClF3N4O2/c1-9-7-10(26)4-5-13(9)24-16(27)11-8-23-25(14(11)17(19,20)21)15-12(18)3-2-6-22-15/h2-8,26H,1H3,(H,24,27). The van der Waals surface area contributed by atoms with Crippen molar-refractivity contribution in [1.82, 2.24) is 14.8 Å². The molecule has 0 spiro atoms. The largest absolute Gasteiger partial charge is 0.508 e. The molecule has 0 unspecified atom stereocenters. The lowest BCUT2D eigenvalue weighted by Crippen LogP contribution is -2.21. The fraction of sp³-hybridized carbons (Fsp3) is 0.118. The number of nitrogens with zero attached hydrogens (tertiary/aromatic N) is 3. The Morgan fingerprint density at radius 3 is 2.67 bits per heavy atom. The zero-order valence-electron chi connectivity index (χ0n) is 13.8. The van der Waals surface area contributed by atoms with E-state index in [0.29, 0.717) is 10.2 Å². The van der Waals surface area contributed by atoms with Gasteiger partial charge in [-0.1, -0.05) is 11.6 Å². The number of anilines is 1. The second-order valence-electron chi connectivity index (χ2n) is 5.58. The van der Waals surface area contributed by atoms with E-state index >= 15 is 0 Å². The Hall–Kier alpha value is -3.07. The molecule has 0 radical (unpaired) electrons. The first-order chi connectivity index (χ1) is 12.7. The average Bonchev–Trinajstić information content (AvgIpc) is 3.03. The van der Waals surface area contributed by atoms with E-state index in [9.17, 15) is 23.1 Å². The number of aryl methyl sites for hydroxylation is 1. The number of amides is 1. The lowest BCUT2D eigenvalue weighted by atomic mass is 10.1. The molecule has 3 rings (SSSR count). The molecule has 6 nitrogen and oxygen atoms in total. The smallest absolute Gasteiger partial charge is 0.434 e. The van der Waals surface area contributed by atoms with E-state index in [2.05, 4.69) is 15.4 Å². The first-order valence-electron chi connectivity index (χ1n) is 7.55. The molecule has 2 aromatic heterocycles. The number of aromatic nitrogens is 3. The minimum Gasteiger partial charge on any atom is -0.508 e. The van der Waals surface area contributed by atoms with Crippen molar-refractivity contribution < 1.29 is 23.1 Å². The van der Waals surface area contributed by atoms with Gasteiger partial charge in [0.15, 0.2) is 11.5 Å². The minimum absolute atomic E-state index is 0.0286. The van der Waals surface area contributed by atoms with E-state index < -0.39 is 23.3 Å². The van der Waals surface area contributed by atoms with Crippen LogP contribution in [0.2, 0.25) is 5.02 Å². The maximum Gasteiger partial charge on any atom is 0.434 e. The van der Waals surface area contributed by atoms with E-state index in [1.54, 1.807) is 6.92 Å². The Labute approximate surface area is 156 Å². The highest BCUT2D eigenvalue weighted by Crippen LogP contribution is 2.35. The fourth-order valence-corrected chi connectivity index (χ4v) is 2.66. The number of benzene rings is 1. The van der Waals surface area contributed by atoms with Gasteiger partial charge in [-0.2, -0.15) is 18.3 Å². The number of phenols is 1. The molecule has 10 heteroatoms. The highest BCUT2D eigenvalue weighted by atomic mass is 35.5. The van der Waals surface area contributed by atoms with Crippen LogP contribution in [-0.2, 0) is 6.18 Å². The summed E-state index contributed by atoms with van der Waals surface area (Å²) in [5, 5.41) is 15.4. The summed E-state index contributed by atoms with van der Waals surface area (Å²) in [7, 11) is 0. The van der Waals surface area contributed by atoms with Crippen molar-refractivity contribution in [3.05, 3.63) is 64.6 Å². The number of hydrogen-bond donors (Lipinski definition) is 2. The molecule has 2 heterocycles. The summed E-state index contributed by atoms with van der Waals surface area (Å²) >= 11 is 5.92. The summed E-state index contributed by atoms with van der Waals surface area (Å²) in [6.07, 6.45) is -2.81. The topological polar surface area (TPSA) is 80.0 Å². The van der Waals surface area contributed by atoms with Gasteiger partial charge in [-0.15, -0.1) is 0 Å². The SMILES string of the molecule is Cc1cc(O)ccc1NC(=O)c1cnn(-c2ncccc2Cl)c1C(F)(F)F. The summed E-state index contributed by atoms with van der Waals surface area (Å²) in [5.74, 6) is -1.28. The number of hydrogen-bond acceptors (Lipinski definition) is 4. The Morgan fingerprint density at radius 1 is 1.30 bits per heavy atom. The van der Waals surface area contributed by atoms with Gasteiger partial charge in [0, 0.05) is 11.9 Å². The predicted octanol–water partition coefficient (Wildman–Crippen LogP) is 4.21. The second kappa shape index (κ2) is 6.92. The Balaban J connectivity index is 2.06. The van der Waals surface area contributed by atoms with Crippen molar-refractivity contribution >= 4 is 23.2 Å². The van der Waals surface area contributed by atoms with E-state index in [0.717, 1.165) is 6.20 Å². The van der Waals surface area contributed by atoms with Crippen LogP contribution < -0.4 is 5.32 Å². The maximum atomic E-state index is 13.6. The number of carbonyl (C=O) groups excluding carboxylic acids is 1. The number of halogens is 4. The molecule has 0 aliphatic heterocycles. The first kappa shape index (κ1) is 18.7. The van der Waals surface area contributed by atoms with E-state index in [-0.39, 0.29) is 22.3 Å². The van der Waals surface area contributed by atoms with Crippen LogP contribution >= 0.6 is 11.6 Å². The van der Waals surface area contributed by atoms with E-state index in [1.807, 2.05) is 0 Å². The van der Waals surface area contributed by atoms with Crippen LogP contribution in [0.5, 0.6) is 5.75 Å². The monoisotopic (exact) mass is 396 g/mol. The van der Waals surface area contributed by atoms with Gasteiger partial charge >= 0.3 is 6.18 Å². The van der Waals surface area contributed by atoms with Crippen LogP contribution in [0.3, 0.4) is 0 Å². The van der Waals surface area contributed by atoms with Gasteiger partial charge in [-0.05, 0) is 42.8 Å². The zero-order chi connectivity index (χ0) is 19.8. The number of nitrogens with one attached hydrogen (secondary N) is 1. The van der Waals surface area contributed by atoms with Crippen molar-refractivity contribution in [2.75, 3.05) is 5.32 Å². The first-order valence-corrected chi connectivity index (χ1v) is 7.93. The molecule has 0 saturated carbocycles. The molecule has 0 aliphatic rings. The number of phenolic OH excluding ortho intramolecular Hbond substituents is 1. The van der Waals surface area contributed by atoms with Crippen LogP contribution in [-0.4, -0.2) is 25.8 Å². The molecule has 0 fully saturated rings. The van der Waals surface area contributed by atoms with Crippen LogP contribution in [0.25, 0.3) is 5.82 Å². The van der Waals surface area contributed by atoms with Crippen molar-refractivity contribution in [2.45, 2.75) is 13.1 Å². The third-order valence-corrected chi connectivity index (χ3v) is 3.98. The third kappa shape index (κ3) is 3.72. The number of alkyl halides is 3. The number of pyridine rings is 1. The number of aromatic hydroxyl groups is 1. The Kier molecular flexibility index (Phi) is 4.79. The molecular formula is C17H12ClF3N4O2. The maximum absolute atomic E-state index is 13.6. The molecule has 0 bridgehead atoms. The van der Waals surface area contributed by atoms with Gasteiger partial charge in [-0.3, -0.25) is 4.79 Å². The molecule has 0 atom stereocenters. The molecule has 27 heavy (non-hydrogen) atoms. The summed E-state index contributed by atoms with van der Waals surface area (Å²) in [6, 6.07) is 6.90. The predicted molar refractivity (Wildman–Crippen MR) is 92.2 cm³/mol. The summed E-state index contributed by atoms with van der Waals surface area (Å²) in [4.78, 5) is 16.3. The Morgan fingerprint density at radius 2 is 2.04 bits per heavy atom. The normalized spacial score (nSPS) is 11.4. The number of rotatable bonds is 3. The van der Waals surface area contributed by atoms with Crippen LogP contribution in [0, 0.1) is 6.92 Å². The van der Waals surface area contributed by atoms with Crippen molar-refractivity contribution in [3.63, 3.8) is 0 Å². The molecule has 140 valence electrons. The lowest BCUT2D eigenvalue weighted by Gasteiger charge is -2.13. The van der Waals surface area contributed by atoms with Crippen LogP contribution in [0.4, 0.5) is 18.9 Å². The van der Waals surface area contributed by atoms with Gasteiger partial charge in [-0.25, -0.2) is 9.67 Å². The quantitative estimate of drug-likeness (QED) is 0.650. The summed E-state index contributed by atoms with van der Waals surface area (Å²) in [5.41, 5.74) is -1.24. The van der Waals surface area contributed by atoms with Crippen LogP contribution in [0.1, 0.15) is 21.6 Å². The third-order valence-electron chi connectivity index (χ3n) is 3.68. The van der Waals surface area contributed by atoms with E-state index in [4.69, 9.17) is 11.6 Å². The molecular weight excluding hydrogens is 385 g/mol. The van der Waals surface area contributed by atoms with E-state index in [1.165, 1.54) is 36.5 Å². The van der Waals surface area contributed by atoms with Crippen LogP contribution in [0.15, 0.2) is 42.7 Å². The molecule has 2 N–H and O–H groups in total. The van der Waals surface area contributed by atoms with Crippen molar-refractivity contribution in [1.29, 1.82) is 0 Å². The highest BCUT2D eigenvalue weighted by molar-refractivity contribution is 6.32. The van der Waals surface area contributed by atoms with Crippen molar-refractivity contribution in [3.8, 4) is 11.6 Å². The molecule has 1 aromatic carbocycles. The second-order valence-corrected chi connectivity index (χ2v) is 5.99. The van der Waals surface area contributed by atoms with Gasteiger partial charge in [0.1, 0.15) is 5.75 Å². The van der Waals surface area contributed by atoms with Gasteiger partial charge in [0.25, 0.3) is 5.91 Å². The van der Waals surface area contributed by atoms with Gasteiger partial charge in [0.2, 0.25) is 0 Å². The summed E-state index contributed by atoms with van der Waals surface area (Å²) in [6.45, 7) is 1.59. The van der Waals surface area contributed by atoms with Crippen molar-refractivity contribution in [2.24, 2.45) is 0 Å². The zero-order valence-corrected chi connectivity index (χ0v) is 14.5. The minimum atomic E-state index is -4.88. The molecule has 1 amide bonds. The average molecular weight is 397 g/mol. The van der Waals surface area contributed by atoms with Gasteiger partial charge < -0.3 is 10.4 Å². The molecule has 3 aromatic rings. The molecule has 0 aliphatic carbocycles.